The molecule has 1 aliphatic heterocycles. The molecule has 1 aliphatic rings. The van der Waals surface area contributed by atoms with Gasteiger partial charge in [0.05, 0.1) is 22.4 Å². The maximum atomic E-state index is 6.34. The molecule has 10 rings (SSSR count). The Morgan fingerprint density at radius 3 is 2.23 bits per heavy atom. The van der Waals surface area contributed by atoms with Crippen LogP contribution in [0, 0.1) is 0 Å². The molecule has 0 saturated heterocycles. The fourth-order valence-corrected chi connectivity index (χ4v) is 7.93. The Hall–Kier alpha value is -5.39. The third kappa shape index (κ3) is 3.28. The van der Waals surface area contributed by atoms with E-state index < -0.39 is 0 Å². The second-order valence-corrected chi connectivity index (χ2v) is 12.3. The van der Waals surface area contributed by atoms with Crippen molar-refractivity contribution < 1.29 is 4.42 Å². The Balaban J connectivity index is 1.28. The lowest BCUT2D eigenvalue weighted by Crippen LogP contribution is -2.29. The molecule has 0 aliphatic carbocycles. The molecular formula is C38H23N3OS. The number of fused-ring (bicyclic) bond motifs is 10. The van der Waals surface area contributed by atoms with Gasteiger partial charge in [-0.2, -0.15) is 0 Å². The molecule has 9 aromatic rings. The zero-order valence-electron chi connectivity index (χ0n) is 22.9. The van der Waals surface area contributed by atoms with Gasteiger partial charge in [-0.3, -0.25) is 0 Å². The first kappa shape index (κ1) is 23.2. The molecule has 0 fully saturated rings. The van der Waals surface area contributed by atoms with Crippen LogP contribution in [-0.4, -0.2) is 10.3 Å². The van der Waals surface area contributed by atoms with E-state index in [9.17, 15) is 0 Å². The van der Waals surface area contributed by atoms with Crippen LogP contribution in [0.15, 0.2) is 137 Å². The van der Waals surface area contributed by atoms with Crippen molar-refractivity contribution in [2.75, 3.05) is 5.32 Å². The van der Waals surface area contributed by atoms with Crippen LogP contribution in [0.4, 0.5) is 10.7 Å². The fourth-order valence-electron chi connectivity index (χ4n) is 6.88. The summed E-state index contributed by atoms with van der Waals surface area (Å²) in [4.78, 5) is 5.44. The van der Waals surface area contributed by atoms with Gasteiger partial charge >= 0.3 is 0 Å². The van der Waals surface area contributed by atoms with Crippen LogP contribution < -0.4 is 5.32 Å². The summed E-state index contributed by atoms with van der Waals surface area (Å²) in [6.07, 6.45) is -0.240. The van der Waals surface area contributed by atoms with Gasteiger partial charge in [0.1, 0.15) is 22.3 Å². The quantitative estimate of drug-likeness (QED) is 0.225. The molecule has 0 amide bonds. The van der Waals surface area contributed by atoms with E-state index in [0.717, 1.165) is 43.9 Å². The third-order valence-electron chi connectivity index (χ3n) is 8.85. The minimum Gasteiger partial charge on any atom is -0.456 e. The molecule has 0 saturated carbocycles. The summed E-state index contributed by atoms with van der Waals surface area (Å²) in [6.45, 7) is 0. The number of benzene rings is 6. The number of para-hydroxylation sites is 2. The zero-order chi connectivity index (χ0) is 28.1. The Kier molecular flexibility index (Phi) is 4.62. The topological polar surface area (TPSA) is 42.5 Å². The van der Waals surface area contributed by atoms with E-state index in [2.05, 4.69) is 125 Å². The van der Waals surface area contributed by atoms with E-state index in [1.54, 1.807) is 11.3 Å². The average molecular weight is 570 g/mol. The van der Waals surface area contributed by atoms with E-state index in [1.807, 2.05) is 12.1 Å². The molecule has 43 heavy (non-hydrogen) atoms. The lowest BCUT2D eigenvalue weighted by atomic mass is 10.0. The first-order chi connectivity index (χ1) is 21.3. The number of nitrogens with zero attached hydrogens (tertiary/aromatic N) is 2. The minimum atomic E-state index is -0.240. The lowest BCUT2D eigenvalue weighted by molar-refractivity contribution is 0.668. The number of hydrogen-bond acceptors (Lipinski definition) is 4. The molecule has 3 aromatic heterocycles. The van der Waals surface area contributed by atoms with Gasteiger partial charge < -0.3 is 14.3 Å². The molecule has 6 aromatic carbocycles. The monoisotopic (exact) mass is 569 g/mol. The summed E-state index contributed by atoms with van der Waals surface area (Å²) >= 11 is 1.73. The summed E-state index contributed by atoms with van der Waals surface area (Å²) in [5.41, 5.74) is 7.22. The second kappa shape index (κ2) is 8.57. The van der Waals surface area contributed by atoms with Crippen LogP contribution in [0.2, 0.25) is 0 Å². The first-order valence-corrected chi connectivity index (χ1v) is 15.3. The van der Waals surface area contributed by atoms with Crippen LogP contribution in [0.1, 0.15) is 11.7 Å². The second-order valence-electron chi connectivity index (χ2n) is 11.2. The Morgan fingerprint density at radius 1 is 0.605 bits per heavy atom. The molecule has 1 atom stereocenters. The van der Waals surface area contributed by atoms with Gasteiger partial charge in [0.25, 0.3) is 0 Å². The van der Waals surface area contributed by atoms with Crippen molar-refractivity contribution in [1.82, 2.24) is 4.57 Å². The van der Waals surface area contributed by atoms with Gasteiger partial charge in [-0.25, -0.2) is 4.99 Å². The number of aliphatic imine (C=N–C) groups is 1. The molecule has 1 N–H and O–H groups in total. The van der Waals surface area contributed by atoms with E-state index in [0.29, 0.717) is 0 Å². The highest BCUT2D eigenvalue weighted by molar-refractivity contribution is 7.23. The first-order valence-electron chi connectivity index (χ1n) is 14.5. The summed E-state index contributed by atoms with van der Waals surface area (Å²) in [6, 6.07) is 45.3. The normalized spacial score (nSPS) is 15.1. The molecule has 4 heterocycles. The number of nitrogens with one attached hydrogen (secondary N) is 1. The molecule has 202 valence electrons. The predicted octanol–water partition coefficient (Wildman–Crippen LogP) is 10.8. The van der Waals surface area contributed by atoms with Crippen LogP contribution in [0.5, 0.6) is 0 Å². The van der Waals surface area contributed by atoms with Crippen molar-refractivity contribution in [3.63, 3.8) is 0 Å². The van der Waals surface area contributed by atoms with E-state index >= 15 is 0 Å². The van der Waals surface area contributed by atoms with Crippen molar-refractivity contribution in [2.45, 2.75) is 6.17 Å². The molecule has 5 heteroatoms. The molecule has 4 nitrogen and oxygen atoms in total. The number of rotatable bonds is 2. The van der Waals surface area contributed by atoms with Crippen LogP contribution in [0.3, 0.4) is 0 Å². The average Bonchev–Trinajstić information content (AvgIpc) is 3.71. The van der Waals surface area contributed by atoms with Gasteiger partial charge in [0.15, 0.2) is 0 Å². The predicted molar refractivity (Wildman–Crippen MR) is 181 cm³/mol. The molecule has 0 bridgehead atoms. The molecule has 0 spiro atoms. The number of hydrogen-bond donors (Lipinski definition) is 1. The highest BCUT2D eigenvalue weighted by Gasteiger charge is 2.31. The van der Waals surface area contributed by atoms with Crippen molar-refractivity contribution >= 4 is 92.3 Å². The number of furan rings is 1. The minimum absolute atomic E-state index is 0.240. The summed E-state index contributed by atoms with van der Waals surface area (Å²) in [7, 11) is 0. The Labute approximate surface area is 250 Å². The van der Waals surface area contributed by atoms with Crippen molar-refractivity contribution in [1.29, 1.82) is 0 Å². The number of thiophene rings is 1. The Bertz CT molecular complexity index is 2620. The van der Waals surface area contributed by atoms with E-state index in [-0.39, 0.29) is 6.17 Å². The van der Waals surface area contributed by atoms with Crippen LogP contribution in [-0.2, 0) is 0 Å². The zero-order valence-corrected chi connectivity index (χ0v) is 23.7. The van der Waals surface area contributed by atoms with Crippen LogP contribution in [0.25, 0.3) is 64.6 Å². The SMILES string of the molecule is c1ccc2cc3c(cc2c1)c1ccccc1n3C1Nc2c(sc3ccccc23)N=C1c1ccc2c(c1)oc1ccccc12. The highest BCUT2D eigenvalue weighted by atomic mass is 32.1. The summed E-state index contributed by atoms with van der Waals surface area (Å²) < 4.78 is 10.0. The van der Waals surface area contributed by atoms with Gasteiger partial charge in [-0.05, 0) is 53.2 Å². The standard InChI is InChI=1S/C38H23N3OS/c1-2-10-23-20-31-29(19-22(23)9-1)25-11-3-6-14-30(25)41(31)37-35(40-38-36(39-37)28-13-5-8-16-34(28)43-38)24-17-18-27-26-12-4-7-15-32(26)42-33(27)21-24/h1-21,37,39H. The number of anilines is 1. The van der Waals surface area contributed by atoms with Crippen molar-refractivity contribution in [3.05, 3.63) is 133 Å². The Morgan fingerprint density at radius 2 is 1.33 bits per heavy atom. The highest BCUT2D eigenvalue weighted by Crippen LogP contribution is 2.48. The fraction of sp³-hybridized carbons (Fsp3) is 0.0263. The van der Waals surface area contributed by atoms with E-state index in [1.165, 1.54) is 42.7 Å². The summed E-state index contributed by atoms with van der Waals surface area (Å²) in [5.74, 6) is 0. The van der Waals surface area contributed by atoms with Gasteiger partial charge in [0, 0.05) is 37.2 Å². The van der Waals surface area contributed by atoms with Gasteiger partial charge in [-0.15, -0.1) is 11.3 Å². The molecule has 1 unspecified atom stereocenters. The van der Waals surface area contributed by atoms with Gasteiger partial charge in [0.2, 0.25) is 0 Å². The largest absolute Gasteiger partial charge is 0.456 e. The van der Waals surface area contributed by atoms with Crippen molar-refractivity contribution in [3.8, 4) is 0 Å². The van der Waals surface area contributed by atoms with Crippen LogP contribution >= 0.6 is 11.3 Å². The number of aromatic nitrogens is 1. The smallest absolute Gasteiger partial charge is 0.148 e. The molecular weight excluding hydrogens is 547 g/mol. The van der Waals surface area contributed by atoms with Gasteiger partial charge in [-0.1, -0.05) is 84.9 Å². The third-order valence-corrected chi connectivity index (χ3v) is 9.91. The molecule has 0 radical (unpaired) electrons. The van der Waals surface area contributed by atoms with E-state index in [4.69, 9.17) is 9.41 Å². The maximum absolute atomic E-state index is 6.34. The lowest BCUT2D eigenvalue weighted by Gasteiger charge is -2.29. The summed E-state index contributed by atoms with van der Waals surface area (Å²) in [5, 5.41) is 13.4. The van der Waals surface area contributed by atoms with Crippen molar-refractivity contribution in [2.24, 2.45) is 4.99 Å². The maximum Gasteiger partial charge on any atom is 0.148 e.